The molecule has 1 atom stereocenters. The van der Waals surface area contributed by atoms with Gasteiger partial charge in [0.1, 0.15) is 6.10 Å². The van der Waals surface area contributed by atoms with E-state index in [0.717, 1.165) is 16.7 Å². The smallest absolute Gasteiger partial charge is 0.105 e. The second-order valence-corrected chi connectivity index (χ2v) is 3.77. The van der Waals surface area contributed by atoms with Crippen LogP contribution in [0.4, 0.5) is 0 Å². The van der Waals surface area contributed by atoms with Crippen LogP contribution < -0.4 is 0 Å². The van der Waals surface area contributed by atoms with Crippen molar-refractivity contribution < 1.29 is 5.11 Å². The Hall–Kier alpha value is -2.08. The van der Waals surface area contributed by atoms with E-state index >= 15 is 0 Å². The van der Waals surface area contributed by atoms with E-state index in [1.54, 1.807) is 6.08 Å². The van der Waals surface area contributed by atoms with Crippen molar-refractivity contribution in [3.05, 3.63) is 78.5 Å². The van der Waals surface area contributed by atoms with Gasteiger partial charge >= 0.3 is 0 Å². The van der Waals surface area contributed by atoms with Gasteiger partial charge in [-0.15, -0.1) is 5.73 Å². The second kappa shape index (κ2) is 5.31. The maximum atomic E-state index is 10.0. The minimum Gasteiger partial charge on any atom is -0.384 e. The molecule has 0 aliphatic heterocycles. The normalized spacial score (nSPS) is 11.6. The molecule has 0 radical (unpaired) electrons. The Labute approximate surface area is 101 Å². The van der Waals surface area contributed by atoms with Crippen molar-refractivity contribution in [3.63, 3.8) is 0 Å². The molecule has 0 aromatic heterocycles. The Kier molecular flexibility index (Phi) is 3.56. The van der Waals surface area contributed by atoms with Crippen molar-refractivity contribution in [2.75, 3.05) is 0 Å². The van der Waals surface area contributed by atoms with Crippen molar-refractivity contribution in [3.8, 4) is 11.1 Å². The maximum Gasteiger partial charge on any atom is 0.105 e. The first kappa shape index (κ1) is 11.4. The summed E-state index contributed by atoms with van der Waals surface area (Å²) in [6.07, 6.45) is 0.894. The van der Waals surface area contributed by atoms with Crippen molar-refractivity contribution >= 4 is 0 Å². The Morgan fingerprint density at radius 1 is 1.00 bits per heavy atom. The van der Waals surface area contributed by atoms with E-state index < -0.39 is 6.10 Å². The van der Waals surface area contributed by atoms with Gasteiger partial charge in [-0.25, -0.2) is 0 Å². The van der Waals surface area contributed by atoms with E-state index in [1.165, 1.54) is 0 Å². The van der Waals surface area contributed by atoms with Crippen molar-refractivity contribution in [1.29, 1.82) is 0 Å². The number of aliphatic hydroxyl groups excluding tert-OH is 1. The predicted molar refractivity (Wildman–Crippen MR) is 70.5 cm³/mol. The summed E-state index contributed by atoms with van der Waals surface area (Å²) in [4.78, 5) is 0. The summed E-state index contributed by atoms with van der Waals surface area (Å²) in [5.74, 6) is 0. The number of benzene rings is 2. The molecular formula is C16H14O. The molecule has 1 unspecified atom stereocenters. The lowest BCUT2D eigenvalue weighted by atomic mass is 9.96. The number of rotatable bonds is 3. The third-order valence-corrected chi connectivity index (χ3v) is 2.64. The van der Waals surface area contributed by atoms with Crippen molar-refractivity contribution in [2.45, 2.75) is 6.10 Å². The molecule has 84 valence electrons. The highest BCUT2D eigenvalue weighted by Gasteiger charge is 2.09. The van der Waals surface area contributed by atoms with Crippen LogP contribution in [0.5, 0.6) is 0 Å². The van der Waals surface area contributed by atoms with Gasteiger partial charge in [-0.1, -0.05) is 61.2 Å². The van der Waals surface area contributed by atoms with Gasteiger partial charge in [0.05, 0.1) is 0 Å². The van der Waals surface area contributed by atoms with Crippen LogP contribution in [0.15, 0.2) is 73.0 Å². The average Bonchev–Trinajstić information content (AvgIpc) is 2.40. The standard InChI is InChI=1S/C16H14O/c1-2-8-16(17)15-12-7-6-11-14(15)13-9-4-3-5-10-13/h3-12,16-17H,1H2. The molecule has 0 spiro atoms. The number of aliphatic hydroxyl groups is 1. The molecule has 2 aromatic rings. The summed E-state index contributed by atoms with van der Waals surface area (Å²) in [6, 6.07) is 17.8. The minimum atomic E-state index is -0.663. The topological polar surface area (TPSA) is 20.2 Å². The van der Waals surface area contributed by atoms with Crippen LogP contribution in [-0.2, 0) is 0 Å². The van der Waals surface area contributed by atoms with Gasteiger partial charge in [0.25, 0.3) is 0 Å². The third-order valence-electron chi connectivity index (χ3n) is 2.64. The Morgan fingerprint density at radius 2 is 1.65 bits per heavy atom. The van der Waals surface area contributed by atoms with Crippen LogP contribution in [0.1, 0.15) is 11.7 Å². The molecule has 0 aliphatic rings. The minimum absolute atomic E-state index is 0.663. The summed E-state index contributed by atoms with van der Waals surface area (Å²) in [6.45, 7) is 3.49. The van der Waals surface area contributed by atoms with Crippen LogP contribution in [0.25, 0.3) is 11.1 Å². The Morgan fingerprint density at radius 3 is 2.35 bits per heavy atom. The molecule has 2 rings (SSSR count). The molecule has 0 fully saturated rings. The zero-order valence-electron chi connectivity index (χ0n) is 9.51. The molecule has 1 heteroatoms. The maximum absolute atomic E-state index is 10.0. The quantitative estimate of drug-likeness (QED) is 0.784. The van der Waals surface area contributed by atoms with Crippen molar-refractivity contribution in [2.24, 2.45) is 0 Å². The molecule has 0 heterocycles. The molecule has 17 heavy (non-hydrogen) atoms. The molecule has 0 saturated carbocycles. The Bertz CT molecular complexity index is 536. The van der Waals surface area contributed by atoms with E-state index in [2.05, 4.69) is 12.3 Å². The zero-order chi connectivity index (χ0) is 12.1. The lowest BCUT2D eigenvalue weighted by molar-refractivity contribution is 0.229. The van der Waals surface area contributed by atoms with E-state index in [1.807, 2.05) is 54.6 Å². The molecular weight excluding hydrogens is 208 g/mol. The highest BCUT2D eigenvalue weighted by molar-refractivity contribution is 5.68. The first-order valence-corrected chi connectivity index (χ1v) is 5.51. The monoisotopic (exact) mass is 222 g/mol. The number of hydrogen-bond donors (Lipinski definition) is 1. The van der Waals surface area contributed by atoms with Crippen LogP contribution in [0, 0.1) is 0 Å². The highest BCUT2D eigenvalue weighted by atomic mass is 16.3. The van der Waals surface area contributed by atoms with Crippen LogP contribution in [0.3, 0.4) is 0 Å². The van der Waals surface area contributed by atoms with E-state index in [4.69, 9.17) is 0 Å². The lowest BCUT2D eigenvalue weighted by Crippen LogP contribution is -1.95. The average molecular weight is 222 g/mol. The first-order chi connectivity index (χ1) is 8.33. The zero-order valence-corrected chi connectivity index (χ0v) is 9.51. The molecule has 1 nitrogen and oxygen atoms in total. The molecule has 2 aromatic carbocycles. The van der Waals surface area contributed by atoms with Gasteiger partial charge in [0, 0.05) is 0 Å². The fourth-order valence-electron chi connectivity index (χ4n) is 1.84. The van der Waals surface area contributed by atoms with Crippen molar-refractivity contribution in [1.82, 2.24) is 0 Å². The highest BCUT2D eigenvalue weighted by Crippen LogP contribution is 2.28. The predicted octanol–water partition coefficient (Wildman–Crippen LogP) is 3.73. The summed E-state index contributed by atoms with van der Waals surface area (Å²) in [5, 5.41) is 10.0. The first-order valence-electron chi connectivity index (χ1n) is 5.51. The van der Waals surface area contributed by atoms with Gasteiger partial charge in [0.15, 0.2) is 0 Å². The summed E-state index contributed by atoms with van der Waals surface area (Å²) < 4.78 is 0. The van der Waals surface area contributed by atoms with Gasteiger partial charge in [-0.05, 0) is 22.8 Å². The molecule has 1 N–H and O–H groups in total. The van der Waals surface area contributed by atoms with Gasteiger partial charge in [0.2, 0.25) is 0 Å². The van der Waals surface area contributed by atoms with E-state index in [-0.39, 0.29) is 0 Å². The fraction of sp³-hybridized carbons (Fsp3) is 0.0625. The van der Waals surface area contributed by atoms with Gasteiger partial charge in [-0.3, -0.25) is 0 Å². The second-order valence-electron chi connectivity index (χ2n) is 3.77. The lowest BCUT2D eigenvalue weighted by Gasteiger charge is -2.12. The Balaban J connectivity index is 2.51. The van der Waals surface area contributed by atoms with Crippen LogP contribution in [-0.4, -0.2) is 5.11 Å². The van der Waals surface area contributed by atoms with Crippen LogP contribution >= 0.6 is 0 Å². The SMILES string of the molecule is C=C=CC(O)c1ccccc1-c1ccccc1. The molecule has 0 bridgehead atoms. The summed E-state index contributed by atoms with van der Waals surface area (Å²) in [7, 11) is 0. The summed E-state index contributed by atoms with van der Waals surface area (Å²) >= 11 is 0. The van der Waals surface area contributed by atoms with E-state index in [9.17, 15) is 5.11 Å². The third kappa shape index (κ3) is 2.54. The molecule has 0 aliphatic carbocycles. The largest absolute Gasteiger partial charge is 0.384 e. The van der Waals surface area contributed by atoms with Crippen LogP contribution in [0.2, 0.25) is 0 Å². The molecule has 0 saturated heterocycles. The van der Waals surface area contributed by atoms with E-state index in [0.29, 0.717) is 0 Å². The summed E-state index contributed by atoms with van der Waals surface area (Å²) in [5.41, 5.74) is 5.62. The molecule has 0 amide bonds. The van der Waals surface area contributed by atoms with Gasteiger partial charge < -0.3 is 5.11 Å². The number of hydrogen-bond acceptors (Lipinski definition) is 1. The van der Waals surface area contributed by atoms with Gasteiger partial charge in [-0.2, -0.15) is 0 Å². The fourth-order valence-corrected chi connectivity index (χ4v) is 1.84.